The summed E-state index contributed by atoms with van der Waals surface area (Å²) in [4.78, 5) is 2.74. The van der Waals surface area contributed by atoms with Gasteiger partial charge in [-0.1, -0.05) is 33.1 Å². The highest BCUT2D eigenvalue weighted by Crippen LogP contribution is 2.30. The zero-order valence-electron chi connectivity index (χ0n) is 12.4. The topological polar surface area (TPSA) is 29.3 Å². The van der Waals surface area contributed by atoms with E-state index in [-0.39, 0.29) is 0 Å². The predicted octanol–water partition coefficient (Wildman–Crippen LogP) is 3.40. The van der Waals surface area contributed by atoms with E-state index in [1.165, 1.54) is 64.5 Å². The Morgan fingerprint density at radius 1 is 1.06 bits per heavy atom. The molecule has 2 heteroatoms. The van der Waals surface area contributed by atoms with Gasteiger partial charge in [0.25, 0.3) is 0 Å². The summed E-state index contributed by atoms with van der Waals surface area (Å²) < 4.78 is 0. The van der Waals surface area contributed by atoms with Crippen LogP contribution in [0.2, 0.25) is 0 Å². The van der Waals surface area contributed by atoms with Gasteiger partial charge in [0, 0.05) is 18.6 Å². The Hall–Kier alpha value is -0.0800. The van der Waals surface area contributed by atoms with E-state index in [9.17, 15) is 0 Å². The Bertz CT molecular complexity index is 235. The van der Waals surface area contributed by atoms with E-state index in [0.717, 1.165) is 17.9 Å². The Balaban J connectivity index is 1.87. The fraction of sp³-hybridized carbons (Fsp3) is 1.00. The first-order valence-electron chi connectivity index (χ1n) is 8.20. The molecule has 3 unspecified atom stereocenters. The maximum absolute atomic E-state index is 6.35. The predicted molar refractivity (Wildman–Crippen MR) is 78.6 cm³/mol. The van der Waals surface area contributed by atoms with Gasteiger partial charge in [-0.25, -0.2) is 0 Å². The van der Waals surface area contributed by atoms with Gasteiger partial charge < -0.3 is 10.6 Å². The van der Waals surface area contributed by atoms with Crippen LogP contribution in [0.3, 0.4) is 0 Å². The minimum Gasteiger partial charge on any atom is -0.327 e. The quantitative estimate of drug-likeness (QED) is 0.831. The molecule has 2 aliphatic carbocycles. The second kappa shape index (κ2) is 6.91. The summed E-state index contributed by atoms with van der Waals surface area (Å²) in [5, 5.41) is 0. The molecule has 0 aromatic rings. The molecule has 0 spiro atoms. The summed E-state index contributed by atoms with van der Waals surface area (Å²) >= 11 is 0. The van der Waals surface area contributed by atoms with Crippen LogP contribution in [0.25, 0.3) is 0 Å². The molecule has 2 aliphatic rings. The van der Waals surface area contributed by atoms with Gasteiger partial charge in [-0.15, -0.1) is 0 Å². The molecule has 2 saturated carbocycles. The van der Waals surface area contributed by atoms with E-state index >= 15 is 0 Å². The van der Waals surface area contributed by atoms with Crippen LogP contribution in [-0.4, -0.2) is 30.1 Å². The van der Waals surface area contributed by atoms with Gasteiger partial charge in [-0.3, -0.25) is 0 Å². The van der Waals surface area contributed by atoms with E-state index in [0.29, 0.717) is 6.04 Å². The molecule has 2 rings (SSSR count). The Kier molecular flexibility index (Phi) is 5.50. The molecular formula is C16H32N2. The maximum atomic E-state index is 6.35. The third-order valence-corrected chi connectivity index (χ3v) is 5.27. The van der Waals surface area contributed by atoms with Crippen molar-refractivity contribution >= 4 is 0 Å². The molecule has 0 aliphatic heterocycles. The third kappa shape index (κ3) is 3.71. The van der Waals surface area contributed by atoms with Gasteiger partial charge in [-0.2, -0.15) is 0 Å². The van der Waals surface area contributed by atoms with Gasteiger partial charge in [-0.05, 0) is 50.5 Å². The fourth-order valence-corrected chi connectivity index (χ4v) is 4.02. The lowest BCUT2D eigenvalue weighted by Gasteiger charge is -2.40. The second-order valence-electron chi connectivity index (χ2n) is 6.72. The SMILES string of the molecule is CCN(CC1CC(C)CCC1N)C1CCCCC1. The highest BCUT2D eigenvalue weighted by molar-refractivity contribution is 4.85. The van der Waals surface area contributed by atoms with Crippen LogP contribution >= 0.6 is 0 Å². The van der Waals surface area contributed by atoms with Crippen molar-refractivity contribution in [3.63, 3.8) is 0 Å². The van der Waals surface area contributed by atoms with E-state index in [2.05, 4.69) is 18.7 Å². The lowest BCUT2D eigenvalue weighted by molar-refractivity contribution is 0.108. The molecule has 0 radical (unpaired) electrons. The van der Waals surface area contributed by atoms with Crippen LogP contribution < -0.4 is 5.73 Å². The van der Waals surface area contributed by atoms with Gasteiger partial charge in [0.15, 0.2) is 0 Å². The van der Waals surface area contributed by atoms with Gasteiger partial charge in [0.1, 0.15) is 0 Å². The summed E-state index contributed by atoms with van der Waals surface area (Å²) in [5.41, 5.74) is 6.35. The first-order chi connectivity index (χ1) is 8.70. The molecule has 0 amide bonds. The van der Waals surface area contributed by atoms with Crippen molar-refractivity contribution in [2.24, 2.45) is 17.6 Å². The van der Waals surface area contributed by atoms with Crippen molar-refractivity contribution in [3.8, 4) is 0 Å². The molecule has 2 fully saturated rings. The summed E-state index contributed by atoms with van der Waals surface area (Å²) in [6.07, 6.45) is 11.1. The molecular weight excluding hydrogens is 220 g/mol. The normalized spacial score (nSPS) is 35.0. The standard InChI is InChI=1S/C16H32N2/c1-3-18(15-7-5-4-6-8-15)12-14-11-13(2)9-10-16(14)17/h13-16H,3-12,17H2,1-2H3. The number of nitrogens with zero attached hydrogens (tertiary/aromatic N) is 1. The van der Waals surface area contributed by atoms with Crippen LogP contribution in [0.15, 0.2) is 0 Å². The highest BCUT2D eigenvalue weighted by Gasteiger charge is 2.29. The van der Waals surface area contributed by atoms with Gasteiger partial charge >= 0.3 is 0 Å². The summed E-state index contributed by atoms with van der Waals surface area (Å²) in [7, 11) is 0. The Labute approximate surface area is 113 Å². The summed E-state index contributed by atoms with van der Waals surface area (Å²) in [6.45, 7) is 7.19. The van der Waals surface area contributed by atoms with Crippen molar-refractivity contribution in [2.45, 2.75) is 77.3 Å². The molecule has 0 aromatic heterocycles. The first-order valence-corrected chi connectivity index (χ1v) is 8.20. The zero-order chi connectivity index (χ0) is 13.0. The number of rotatable bonds is 4. The lowest BCUT2D eigenvalue weighted by Crippen LogP contribution is -2.46. The first kappa shape index (κ1) is 14.3. The number of nitrogens with two attached hydrogens (primary N) is 1. The Morgan fingerprint density at radius 3 is 2.44 bits per heavy atom. The highest BCUT2D eigenvalue weighted by atomic mass is 15.2. The molecule has 3 atom stereocenters. The van der Waals surface area contributed by atoms with Gasteiger partial charge in [0.05, 0.1) is 0 Å². The molecule has 2 nitrogen and oxygen atoms in total. The van der Waals surface area contributed by atoms with Crippen LogP contribution in [0.1, 0.15) is 65.2 Å². The maximum Gasteiger partial charge on any atom is 0.00952 e. The monoisotopic (exact) mass is 252 g/mol. The molecule has 106 valence electrons. The average Bonchev–Trinajstić information content (AvgIpc) is 2.41. The summed E-state index contributed by atoms with van der Waals surface area (Å²) in [5.74, 6) is 1.63. The van der Waals surface area contributed by atoms with Crippen LogP contribution in [0.4, 0.5) is 0 Å². The largest absolute Gasteiger partial charge is 0.327 e. The molecule has 0 aromatic carbocycles. The number of hydrogen-bond donors (Lipinski definition) is 1. The molecule has 0 saturated heterocycles. The van der Waals surface area contributed by atoms with Crippen molar-refractivity contribution < 1.29 is 0 Å². The van der Waals surface area contributed by atoms with E-state index < -0.39 is 0 Å². The van der Waals surface area contributed by atoms with Crippen molar-refractivity contribution in [2.75, 3.05) is 13.1 Å². The molecule has 0 heterocycles. The zero-order valence-corrected chi connectivity index (χ0v) is 12.4. The fourth-order valence-electron chi connectivity index (χ4n) is 4.02. The number of hydrogen-bond acceptors (Lipinski definition) is 2. The van der Waals surface area contributed by atoms with Gasteiger partial charge in [0.2, 0.25) is 0 Å². The van der Waals surface area contributed by atoms with Crippen molar-refractivity contribution in [1.29, 1.82) is 0 Å². The van der Waals surface area contributed by atoms with Crippen molar-refractivity contribution in [1.82, 2.24) is 4.90 Å². The minimum absolute atomic E-state index is 0.457. The molecule has 2 N–H and O–H groups in total. The van der Waals surface area contributed by atoms with Crippen LogP contribution in [0, 0.1) is 11.8 Å². The van der Waals surface area contributed by atoms with Crippen LogP contribution in [-0.2, 0) is 0 Å². The third-order valence-electron chi connectivity index (χ3n) is 5.27. The van der Waals surface area contributed by atoms with E-state index in [1.807, 2.05) is 0 Å². The molecule has 0 bridgehead atoms. The summed E-state index contributed by atoms with van der Waals surface area (Å²) in [6, 6.07) is 1.31. The second-order valence-corrected chi connectivity index (χ2v) is 6.72. The molecule has 18 heavy (non-hydrogen) atoms. The van der Waals surface area contributed by atoms with E-state index in [4.69, 9.17) is 5.73 Å². The van der Waals surface area contributed by atoms with E-state index in [1.54, 1.807) is 0 Å². The average molecular weight is 252 g/mol. The van der Waals surface area contributed by atoms with Crippen molar-refractivity contribution in [3.05, 3.63) is 0 Å². The Morgan fingerprint density at radius 2 is 1.78 bits per heavy atom. The minimum atomic E-state index is 0.457. The van der Waals surface area contributed by atoms with Crippen LogP contribution in [0.5, 0.6) is 0 Å². The smallest absolute Gasteiger partial charge is 0.00952 e. The lowest BCUT2D eigenvalue weighted by atomic mass is 9.78.